The van der Waals surface area contributed by atoms with Crippen LogP contribution in [-0.4, -0.2) is 28.2 Å². The third-order valence-corrected chi connectivity index (χ3v) is 5.38. The van der Waals surface area contributed by atoms with Gasteiger partial charge >= 0.3 is 5.97 Å². The summed E-state index contributed by atoms with van der Waals surface area (Å²) in [6, 6.07) is 18.1. The van der Waals surface area contributed by atoms with E-state index in [1.165, 1.54) is 11.8 Å². The topological polar surface area (TPSA) is 85.5 Å². The van der Waals surface area contributed by atoms with E-state index >= 15 is 0 Å². The summed E-state index contributed by atoms with van der Waals surface area (Å²) < 4.78 is 11.5. The van der Waals surface area contributed by atoms with Gasteiger partial charge < -0.3 is 14.3 Å². The summed E-state index contributed by atoms with van der Waals surface area (Å²) in [5.41, 5.74) is 2.89. The number of nitrogens with zero attached hydrogens (tertiary/aromatic N) is 2. The summed E-state index contributed by atoms with van der Waals surface area (Å²) in [5, 5.41) is 9.84. The molecule has 0 unspecified atom stereocenters. The summed E-state index contributed by atoms with van der Waals surface area (Å²) in [7, 11) is 1.62. The quantitative estimate of drug-likeness (QED) is 0.317. The smallest absolute Gasteiger partial charge is 0.335 e. The first-order chi connectivity index (χ1) is 14.6. The lowest BCUT2D eigenvalue weighted by atomic mass is 10.1. The number of carboxylic acid groups (broad SMARTS) is 1. The lowest BCUT2D eigenvalue weighted by molar-refractivity contribution is 0.0697. The van der Waals surface area contributed by atoms with Gasteiger partial charge in [-0.05, 0) is 36.4 Å². The molecule has 4 rings (SSSR count). The number of thioether (sulfide) groups is 1. The SMILES string of the molecule is COc1cccc(-c2cc(CSc3ncccn3)c(-c3ccc(C(=O)O)cc3)o2)c1. The molecule has 0 bridgehead atoms. The van der Waals surface area contributed by atoms with Crippen LogP contribution < -0.4 is 4.74 Å². The average Bonchev–Trinajstić information content (AvgIpc) is 3.23. The lowest BCUT2D eigenvalue weighted by Gasteiger charge is -2.04. The molecule has 4 aromatic rings. The predicted octanol–water partition coefficient (Wildman–Crippen LogP) is 5.40. The summed E-state index contributed by atoms with van der Waals surface area (Å²) in [6.07, 6.45) is 3.41. The molecule has 6 nitrogen and oxygen atoms in total. The van der Waals surface area contributed by atoms with Gasteiger partial charge in [0.05, 0.1) is 12.7 Å². The number of carboxylic acids is 1. The van der Waals surface area contributed by atoms with Crippen molar-refractivity contribution in [2.45, 2.75) is 10.9 Å². The fourth-order valence-electron chi connectivity index (χ4n) is 2.97. The summed E-state index contributed by atoms with van der Waals surface area (Å²) in [4.78, 5) is 19.7. The number of furan rings is 1. The van der Waals surface area contributed by atoms with Crippen molar-refractivity contribution in [3.8, 4) is 28.4 Å². The van der Waals surface area contributed by atoms with Gasteiger partial charge in [0.25, 0.3) is 0 Å². The van der Waals surface area contributed by atoms with E-state index in [9.17, 15) is 4.79 Å². The number of hydrogen-bond acceptors (Lipinski definition) is 6. The van der Waals surface area contributed by atoms with Crippen molar-refractivity contribution in [1.82, 2.24) is 9.97 Å². The Kier molecular flexibility index (Phi) is 5.81. The molecule has 0 saturated carbocycles. The number of aromatic nitrogens is 2. The van der Waals surface area contributed by atoms with Gasteiger partial charge in [-0.1, -0.05) is 36.0 Å². The zero-order chi connectivity index (χ0) is 20.9. The minimum Gasteiger partial charge on any atom is -0.497 e. The van der Waals surface area contributed by atoms with Crippen LogP contribution in [0.5, 0.6) is 5.75 Å². The fraction of sp³-hybridized carbons (Fsp3) is 0.0870. The molecule has 30 heavy (non-hydrogen) atoms. The number of aromatic carboxylic acids is 1. The molecular weight excluding hydrogens is 400 g/mol. The minimum atomic E-state index is -0.963. The van der Waals surface area contributed by atoms with Crippen LogP contribution in [0.2, 0.25) is 0 Å². The summed E-state index contributed by atoms with van der Waals surface area (Å²) in [5.74, 6) is 1.77. The Hall–Kier alpha value is -3.58. The van der Waals surface area contributed by atoms with E-state index in [0.717, 1.165) is 22.4 Å². The van der Waals surface area contributed by atoms with Gasteiger partial charge in [-0.2, -0.15) is 0 Å². The minimum absolute atomic E-state index is 0.229. The fourth-order valence-corrected chi connectivity index (χ4v) is 3.74. The van der Waals surface area contributed by atoms with Gasteiger partial charge in [-0.15, -0.1) is 0 Å². The molecule has 0 radical (unpaired) electrons. The van der Waals surface area contributed by atoms with Crippen LogP contribution in [0, 0.1) is 0 Å². The van der Waals surface area contributed by atoms with E-state index in [1.807, 2.05) is 30.3 Å². The van der Waals surface area contributed by atoms with Crippen molar-refractivity contribution in [1.29, 1.82) is 0 Å². The highest BCUT2D eigenvalue weighted by Crippen LogP contribution is 2.36. The van der Waals surface area contributed by atoms with E-state index in [1.54, 1.807) is 49.8 Å². The largest absolute Gasteiger partial charge is 0.497 e. The molecular formula is C23H18N2O4S. The first-order valence-corrected chi connectivity index (χ1v) is 10.1. The molecule has 0 aliphatic rings. The third kappa shape index (κ3) is 4.36. The van der Waals surface area contributed by atoms with Crippen LogP contribution in [0.25, 0.3) is 22.6 Å². The summed E-state index contributed by atoms with van der Waals surface area (Å²) >= 11 is 1.51. The van der Waals surface area contributed by atoms with Crippen LogP contribution in [0.4, 0.5) is 0 Å². The van der Waals surface area contributed by atoms with Gasteiger partial charge in [0.1, 0.15) is 17.3 Å². The molecule has 0 aliphatic carbocycles. The molecule has 0 aliphatic heterocycles. The molecule has 0 saturated heterocycles. The molecule has 0 spiro atoms. The Bertz CT molecular complexity index is 1160. The van der Waals surface area contributed by atoms with Gasteiger partial charge in [0, 0.05) is 34.8 Å². The highest BCUT2D eigenvalue weighted by molar-refractivity contribution is 7.98. The zero-order valence-electron chi connectivity index (χ0n) is 16.1. The van der Waals surface area contributed by atoms with Crippen molar-refractivity contribution in [3.63, 3.8) is 0 Å². The molecule has 7 heteroatoms. The molecule has 0 amide bonds. The number of ether oxygens (including phenoxy) is 1. The molecule has 2 aromatic heterocycles. The summed E-state index contributed by atoms with van der Waals surface area (Å²) in [6.45, 7) is 0. The second-order valence-corrected chi connectivity index (χ2v) is 7.34. The van der Waals surface area contributed by atoms with Gasteiger partial charge in [-0.3, -0.25) is 0 Å². The Balaban J connectivity index is 1.71. The molecule has 1 N–H and O–H groups in total. The van der Waals surface area contributed by atoms with Crippen LogP contribution in [0.3, 0.4) is 0 Å². The number of rotatable bonds is 7. The number of methoxy groups -OCH3 is 1. The van der Waals surface area contributed by atoms with E-state index in [0.29, 0.717) is 22.4 Å². The first-order valence-electron chi connectivity index (χ1n) is 9.15. The van der Waals surface area contributed by atoms with E-state index in [4.69, 9.17) is 14.3 Å². The third-order valence-electron chi connectivity index (χ3n) is 4.46. The van der Waals surface area contributed by atoms with Gasteiger partial charge in [0.2, 0.25) is 0 Å². The highest BCUT2D eigenvalue weighted by atomic mass is 32.2. The predicted molar refractivity (Wildman–Crippen MR) is 115 cm³/mol. The molecule has 0 fully saturated rings. The van der Waals surface area contributed by atoms with Crippen molar-refractivity contribution in [2.24, 2.45) is 0 Å². The Labute approximate surface area is 177 Å². The lowest BCUT2D eigenvalue weighted by Crippen LogP contribution is -1.95. The maximum Gasteiger partial charge on any atom is 0.335 e. The second-order valence-electron chi connectivity index (χ2n) is 6.40. The molecule has 0 atom stereocenters. The van der Waals surface area contributed by atoms with Crippen LogP contribution in [-0.2, 0) is 5.75 Å². The Morgan fingerprint density at radius 2 is 1.80 bits per heavy atom. The number of hydrogen-bond donors (Lipinski definition) is 1. The van der Waals surface area contributed by atoms with Crippen LogP contribution in [0.1, 0.15) is 15.9 Å². The maximum atomic E-state index is 11.2. The maximum absolute atomic E-state index is 11.2. The van der Waals surface area contributed by atoms with E-state index in [2.05, 4.69) is 9.97 Å². The van der Waals surface area contributed by atoms with Gasteiger partial charge in [-0.25, -0.2) is 14.8 Å². The number of carbonyl (C=O) groups is 1. The Morgan fingerprint density at radius 1 is 1.03 bits per heavy atom. The molecule has 2 aromatic carbocycles. The van der Waals surface area contributed by atoms with Crippen LogP contribution >= 0.6 is 11.8 Å². The first kappa shape index (κ1) is 19.7. The Morgan fingerprint density at radius 3 is 2.50 bits per heavy atom. The molecule has 150 valence electrons. The monoisotopic (exact) mass is 418 g/mol. The standard InChI is InChI=1S/C23H18N2O4S/c1-28-19-5-2-4-17(12-19)20-13-18(14-30-23-24-10-3-11-25-23)21(29-20)15-6-8-16(9-7-15)22(26)27/h2-13H,14H2,1H3,(H,26,27). The van der Waals surface area contributed by atoms with Crippen LogP contribution in [0.15, 0.2) is 82.6 Å². The van der Waals surface area contributed by atoms with Crippen molar-refractivity contribution in [2.75, 3.05) is 7.11 Å². The second kappa shape index (κ2) is 8.84. The average molecular weight is 418 g/mol. The van der Waals surface area contributed by atoms with E-state index < -0.39 is 5.97 Å². The zero-order valence-corrected chi connectivity index (χ0v) is 16.9. The van der Waals surface area contributed by atoms with Crippen molar-refractivity contribution in [3.05, 3.63) is 84.2 Å². The van der Waals surface area contributed by atoms with E-state index in [-0.39, 0.29) is 5.56 Å². The molecule has 2 heterocycles. The highest BCUT2D eigenvalue weighted by Gasteiger charge is 2.16. The number of benzene rings is 2. The van der Waals surface area contributed by atoms with Crippen molar-refractivity contribution >= 4 is 17.7 Å². The normalized spacial score (nSPS) is 10.7. The van der Waals surface area contributed by atoms with Gasteiger partial charge in [0.15, 0.2) is 5.16 Å². The van der Waals surface area contributed by atoms with Crippen molar-refractivity contribution < 1.29 is 19.1 Å².